The van der Waals surface area contributed by atoms with Gasteiger partial charge < -0.3 is 9.47 Å². The van der Waals surface area contributed by atoms with Crippen molar-refractivity contribution >= 4 is 0 Å². The highest BCUT2D eigenvalue weighted by molar-refractivity contribution is 5.31. The molecule has 1 aliphatic rings. The summed E-state index contributed by atoms with van der Waals surface area (Å²) in [7, 11) is 1.72. The third kappa shape index (κ3) is 4.08. The summed E-state index contributed by atoms with van der Waals surface area (Å²) in [6.45, 7) is 0.950. The molecule has 0 radical (unpaired) electrons. The maximum atomic E-state index is 5.31. The summed E-state index contributed by atoms with van der Waals surface area (Å²) in [5, 5.41) is 0. The zero-order valence-corrected chi connectivity index (χ0v) is 12.5. The molecule has 0 amide bonds. The second kappa shape index (κ2) is 6.77. The molecule has 1 aliphatic heterocycles. The third-order valence-corrected chi connectivity index (χ3v) is 4.07. The Balaban J connectivity index is 1.63. The van der Waals surface area contributed by atoms with Crippen molar-refractivity contribution in [1.29, 1.82) is 0 Å². The summed E-state index contributed by atoms with van der Waals surface area (Å²) in [6, 6.07) is 17.1. The van der Waals surface area contributed by atoms with Crippen molar-refractivity contribution in [1.82, 2.24) is 0 Å². The molecule has 3 rings (SSSR count). The van der Waals surface area contributed by atoms with Crippen LogP contribution >= 0.6 is 0 Å². The van der Waals surface area contributed by atoms with Crippen LogP contribution in [-0.2, 0) is 24.0 Å². The Morgan fingerprint density at radius 3 is 2.48 bits per heavy atom. The molecule has 110 valence electrons. The molecule has 1 atom stereocenters. The first-order valence-electron chi connectivity index (χ1n) is 7.66. The molecule has 0 unspecified atom stereocenters. The standard InChI is InChI=1S/C19H22O2/c1-20-18-8-4-5-15(13-18)9-10-16-6-2-3-7-17(16)11-12-19-14-21-19/h2-8,13,19H,9-12,14H2,1H3/t19-/m1/s1. The van der Waals surface area contributed by atoms with Crippen LogP contribution in [0.25, 0.3) is 0 Å². The van der Waals surface area contributed by atoms with Crippen LogP contribution in [0.5, 0.6) is 5.75 Å². The van der Waals surface area contributed by atoms with Gasteiger partial charge in [-0.1, -0.05) is 36.4 Å². The highest BCUT2D eigenvalue weighted by Gasteiger charge is 2.21. The molecule has 1 saturated heterocycles. The van der Waals surface area contributed by atoms with E-state index in [9.17, 15) is 0 Å². The number of aryl methyl sites for hydroxylation is 3. The molecule has 2 nitrogen and oxygen atoms in total. The first kappa shape index (κ1) is 14.2. The van der Waals surface area contributed by atoms with E-state index in [1.165, 1.54) is 16.7 Å². The average Bonchev–Trinajstić information content (AvgIpc) is 3.36. The minimum atomic E-state index is 0.511. The molecule has 2 aromatic carbocycles. The third-order valence-electron chi connectivity index (χ3n) is 4.07. The largest absolute Gasteiger partial charge is 0.497 e. The van der Waals surface area contributed by atoms with Crippen LogP contribution in [0.3, 0.4) is 0 Å². The molecule has 0 saturated carbocycles. The van der Waals surface area contributed by atoms with Gasteiger partial charge in [0.1, 0.15) is 5.75 Å². The molecular weight excluding hydrogens is 260 g/mol. The predicted molar refractivity (Wildman–Crippen MR) is 84.9 cm³/mol. The van der Waals surface area contributed by atoms with Crippen molar-refractivity contribution in [3.8, 4) is 5.75 Å². The van der Waals surface area contributed by atoms with Gasteiger partial charge in [-0.2, -0.15) is 0 Å². The number of benzene rings is 2. The van der Waals surface area contributed by atoms with E-state index in [1.807, 2.05) is 6.07 Å². The van der Waals surface area contributed by atoms with Gasteiger partial charge in [0, 0.05) is 0 Å². The van der Waals surface area contributed by atoms with Crippen LogP contribution in [0, 0.1) is 0 Å². The number of epoxide rings is 1. The van der Waals surface area contributed by atoms with E-state index in [0.29, 0.717) is 6.10 Å². The summed E-state index contributed by atoms with van der Waals surface area (Å²) in [4.78, 5) is 0. The predicted octanol–water partition coefficient (Wildman–Crippen LogP) is 3.81. The van der Waals surface area contributed by atoms with Crippen LogP contribution in [-0.4, -0.2) is 19.8 Å². The Kier molecular flexibility index (Phi) is 4.56. The highest BCUT2D eigenvalue weighted by atomic mass is 16.6. The molecule has 0 aliphatic carbocycles. The van der Waals surface area contributed by atoms with Gasteiger partial charge in [0.25, 0.3) is 0 Å². The van der Waals surface area contributed by atoms with Crippen molar-refractivity contribution in [2.75, 3.05) is 13.7 Å². The molecule has 21 heavy (non-hydrogen) atoms. The van der Waals surface area contributed by atoms with E-state index >= 15 is 0 Å². The van der Waals surface area contributed by atoms with E-state index in [4.69, 9.17) is 9.47 Å². The number of hydrogen-bond donors (Lipinski definition) is 0. The fourth-order valence-corrected chi connectivity index (χ4v) is 2.70. The Hall–Kier alpha value is -1.80. The molecule has 2 heteroatoms. The summed E-state index contributed by atoms with van der Waals surface area (Å²) in [5.74, 6) is 0.937. The molecular formula is C19H22O2. The number of hydrogen-bond acceptors (Lipinski definition) is 2. The van der Waals surface area contributed by atoms with E-state index in [2.05, 4.69) is 42.5 Å². The monoisotopic (exact) mass is 282 g/mol. The Labute approximate surface area is 126 Å². The number of rotatable bonds is 7. The zero-order chi connectivity index (χ0) is 14.5. The van der Waals surface area contributed by atoms with Crippen molar-refractivity contribution in [2.45, 2.75) is 31.8 Å². The van der Waals surface area contributed by atoms with Crippen molar-refractivity contribution < 1.29 is 9.47 Å². The summed E-state index contributed by atoms with van der Waals surface area (Å²) < 4.78 is 10.6. The van der Waals surface area contributed by atoms with Gasteiger partial charge in [-0.3, -0.25) is 0 Å². The second-order valence-electron chi connectivity index (χ2n) is 5.61. The molecule has 0 aromatic heterocycles. The maximum absolute atomic E-state index is 5.31. The van der Waals surface area contributed by atoms with E-state index < -0.39 is 0 Å². The number of ether oxygens (including phenoxy) is 2. The maximum Gasteiger partial charge on any atom is 0.119 e. The van der Waals surface area contributed by atoms with E-state index in [0.717, 1.165) is 38.0 Å². The van der Waals surface area contributed by atoms with Gasteiger partial charge in [-0.25, -0.2) is 0 Å². The SMILES string of the molecule is COc1cccc(CCc2ccccc2CC[C@@H]2CO2)c1. The van der Waals surface area contributed by atoms with Gasteiger partial charge in [0.05, 0.1) is 19.8 Å². The molecule has 1 heterocycles. The molecule has 2 aromatic rings. The Morgan fingerprint density at radius 2 is 1.76 bits per heavy atom. The van der Waals surface area contributed by atoms with Crippen molar-refractivity contribution in [3.05, 3.63) is 65.2 Å². The summed E-state index contributed by atoms with van der Waals surface area (Å²) in [5.41, 5.74) is 4.26. The molecule has 0 N–H and O–H groups in total. The van der Waals surface area contributed by atoms with E-state index in [1.54, 1.807) is 7.11 Å². The topological polar surface area (TPSA) is 21.8 Å². The van der Waals surface area contributed by atoms with Gasteiger partial charge in [-0.15, -0.1) is 0 Å². The normalized spacial score (nSPS) is 16.7. The summed E-state index contributed by atoms with van der Waals surface area (Å²) in [6.07, 6.45) is 4.91. The van der Waals surface area contributed by atoms with Gasteiger partial charge in [-0.05, 0) is 54.5 Å². The average molecular weight is 282 g/mol. The summed E-state index contributed by atoms with van der Waals surface area (Å²) >= 11 is 0. The lowest BCUT2D eigenvalue weighted by atomic mass is 9.96. The van der Waals surface area contributed by atoms with Gasteiger partial charge in [0.2, 0.25) is 0 Å². The smallest absolute Gasteiger partial charge is 0.119 e. The highest BCUT2D eigenvalue weighted by Crippen LogP contribution is 2.21. The lowest BCUT2D eigenvalue weighted by molar-refractivity contribution is 0.396. The first-order chi connectivity index (χ1) is 10.3. The first-order valence-corrected chi connectivity index (χ1v) is 7.66. The molecule has 1 fully saturated rings. The minimum Gasteiger partial charge on any atom is -0.497 e. The quantitative estimate of drug-likeness (QED) is 0.720. The van der Waals surface area contributed by atoms with E-state index in [-0.39, 0.29) is 0 Å². The van der Waals surface area contributed by atoms with Crippen molar-refractivity contribution in [3.63, 3.8) is 0 Å². The van der Waals surface area contributed by atoms with Gasteiger partial charge in [0.15, 0.2) is 0 Å². The van der Waals surface area contributed by atoms with Crippen LogP contribution < -0.4 is 4.74 Å². The Bertz CT molecular complexity index is 588. The molecule has 0 bridgehead atoms. The zero-order valence-electron chi connectivity index (χ0n) is 12.5. The second-order valence-corrected chi connectivity index (χ2v) is 5.61. The minimum absolute atomic E-state index is 0.511. The van der Waals surface area contributed by atoms with Crippen LogP contribution in [0.15, 0.2) is 48.5 Å². The van der Waals surface area contributed by atoms with Crippen LogP contribution in [0.1, 0.15) is 23.1 Å². The lowest BCUT2D eigenvalue weighted by Crippen LogP contribution is -1.99. The van der Waals surface area contributed by atoms with Crippen LogP contribution in [0.2, 0.25) is 0 Å². The lowest BCUT2D eigenvalue weighted by Gasteiger charge is -2.09. The fraction of sp³-hybridized carbons (Fsp3) is 0.368. The fourth-order valence-electron chi connectivity index (χ4n) is 2.70. The van der Waals surface area contributed by atoms with Crippen LogP contribution in [0.4, 0.5) is 0 Å². The molecule has 0 spiro atoms. The van der Waals surface area contributed by atoms with Crippen molar-refractivity contribution in [2.24, 2.45) is 0 Å². The number of methoxy groups -OCH3 is 1. The van der Waals surface area contributed by atoms with Gasteiger partial charge >= 0.3 is 0 Å². The Morgan fingerprint density at radius 1 is 1.00 bits per heavy atom.